The molecule has 2 rings (SSSR count). The molecule has 1 saturated carbocycles. The van der Waals surface area contributed by atoms with Gasteiger partial charge in [-0.1, -0.05) is 6.07 Å². The lowest BCUT2D eigenvalue weighted by atomic mass is 10.3. The van der Waals surface area contributed by atoms with Crippen LogP contribution in [0, 0.1) is 5.92 Å². The molecule has 0 atom stereocenters. The number of carbonyl (C=O) groups excluding carboxylic acids is 1. The van der Waals surface area contributed by atoms with Gasteiger partial charge in [0.25, 0.3) is 0 Å². The molecular weight excluding hydrogens is 206 g/mol. The molecule has 1 fully saturated rings. The number of esters is 1. The first kappa shape index (κ1) is 11.0. The van der Waals surface area contributed by atoms with Crippen molar-refractivity contribution >= 4 is 5.97 Å². The first-order valence-corrected chi connectivity index (χ1v) is 5.41. The molecule has 4 heteroatoms. The second kappa shape index (κ2) is 4.99. The average molecular weight is 221 g/mol. The van der Waals surface area contributed by atoms with E-state index in [0.717, 1.165) is 12.4 Å². The van der Waals surface area contributed by atoms with E-state index in [-0.39, 0.29) is 6.54 Å². The predicted molar refractivity (Wildman–Crippen MR) is 59.4 cm³/mol. The lowest BCUT2D eigenvalue weighted by Crippen LogP contribution is -2.19. The Morgan fingerprint density at radius 2 is 2.12 bits per heavy atom. The van der Waals surface area contributed by atoms with Crippen LogP contribution in [-0.2, 0) is 4.79 Å². The van der Waals surface area contributed by atoms with Crippen LogP contribution in [0.3, 0.4) is 0 Å². The van der Waals surface area contributed by atoms with Crippen molar-refractivity contribution < 1.29 is 14.3 Å². The molecule has 0 amide bonds. The molecular formula is C12H15NO3. The molecule has 86 valence electrons. The minimum absolute atomic E-state index is 0.118. The monoisotopic (exact) mass is 221 g/mol. The van der Waals surface area contributed by atoms with Gasteiger partial charge < -0.3 is 15.2 Å². The number of rotatable bonds is 5. The summed E-state index contributed by atoms with van der Waals surface area (Å²) >= 11 is 0. The van der Waals surface area contributed by atoms with Crippen LogP contribution in [0.2, 0.25) is 0 Å². The summed E-state index contributed by atoms with van der Waals surface area (Å²) in [5.74, 6) is 1.47. The van der Waals surface area contributed by atoms with Crippen LogP contribution < -0.4 is 15.2 Å². The summed E-state index contributed by atoms with van der Waals surface area (Å²) in [6.45, 7) is 0.626. The molecule has 1 aromatic carbocycles. The maximum atomic E-state index is 11.0. The van der Waals surface area contributed by atoms with E-state index in [4.69, 9.17) is 15.2 Å². The number of benzene rings is 1. The van der Waals surface area contributed by atoms with Crippen LogP contribution in [0.15, 0.2) is 24.3 Å². The highest BCUT2D eigenvalue weighted by Crippen LogP contribution is 2.30. The fourth-order valence-corrected chi connectivity index (χ4v) is 1.30. The third-order valence-electron chi connectivity index (χ3n) is 2.39. The molecule has 16 heavy (non-hydrogen) atoms. The van der Waals surface area contributed by atoms with E-state index in [1.807, 2.05) is 6.07 Å². The highest BCUT2D eigenvalue weighted by molar-refractivity contribution is 5.74. The van der Waals surface area contributed by atoms with Crippen molar-refractivity contribution in [2.75, 3.05) is 13.2 Å². The number of hydrogen-bond acceptors (Lipinski definition) is 4. The Hall–Kier alpha value is -1.55. The zero-order valence-corrected chi connectivity index (χ0v) is 9.02. The Morgan fingerprint density at radius 3 is 2.81 bits per heavy atom. The largest absolute Gasteiger partial charge is 0.493 e. The Bertz CT molecular complexity index is 374. The third-order valence-corrected chi connectivity index (χ3v) is 2.39. The van der Waals surface area contributed by atoms with E-state index in [1.165, 1.54) is 12.8 Å². The Morgan fingerprint density at radius 1 is 1.38 bits per heavy atom. The Labute approximate surface area is 94.3 Å². The average Bonchev–Trinajstić information content (AvgIpc) is 3.10. The molecule has 0 bridgehead atoms. The summed E-state index contributed by atoms with van der Waals surface area (Å²) in [5, 5.41) is 0. The normalized spacial score (nSPS) is 14.6. The van der Waals surface area contributed by atoms with Gasteiger partial charge in [-0.2, -0.15) is 0 Å². The number of nitrogens with two attached hydrogens (primary N) is 1. The van der Waals surface area contributed by atoms with Crippen LogP contribution in [-0.4, -0.2) is 19.1 Å². The number of ether oxygens (including phenoxy) is 2. The quantitative estimate of drug-likeness (QED) is 0.602. The van der Waals surface area contributed by atoms with Gasteiger partial charge in [0, 0.05) is 6.07 Å². The van der Waals surface area contributed by atoms with E-state index in [1.54, 1.807) is 18.2 Å². The smallest absolute Gasteiger partial charge is 0.325 e. The molecule has 4 nitrogen and oxygen atoms in total. The maximum Gasteiger partial charge on any atom is 0.325 e. The van der Waals surface area contributed by atoms with Crippen LogP contribution in [0.1, 0.15) is 12.8 Å². The minimum atomic E-state index is -0.445. The highest BCUT2D eigenvalue weighted by atomic mass is 16.5. The molecule has 0 unspecified atom stereocenters. The summed E-state index contributed by atoms with van der Waals surface area (Å²) in [4.78, 5) is 11.0. The van der Waals surface area contributed by atoms with Crippen molar-refractivity contribution in [1.82, 2.24) is 0 Å². The van der Waals surface area contributed by atoms with Crippen molar-refractivity contribution in [3.05, 3.63) is 24.3 Å². The molecule has 0 heterocycles. The van der Waals surface area contributed by atoms with Gasteiger partial charge >= 0.3 is 5.97 Å². The zero-order valence-electron chi connectivity index (χ0n) is 9.02. The second-order valence-electron chi connectivity index (χ2n) is 3.91. The first-order chi connectivity index (χ1) is 7.78. The molecule has 1 aliphatic rings. The zero-order chi connectivity index (χ0) is 11.4. The maximum absolute atomic E-state index is 11.0. The summed E-state index contributed by atoms with van der Waals surface area (Å²) in [6.07, 6.45) is 2.50. The van der Waals surface area contributed by atoms with Crippen molar-refractivity contribution in [3.63, 3.8) is 0 Å². The molecule has 0 aliphatic heterocycles. The minimum Gasteiger partial charge on any atom is -0.493 e. The van der Waals surface area contributed by atoms with E-state index >= 15 is 0 Å². The Kier molecular flexibility index (Phi) is 3.41. The van der Waals surface area contributed by atoms with Crippen molar-refractivity contribution in [3.8, 4) is 11.5 Å². The summed E-state index contributed by atoms with van der Waals surface area (Å²) in [7, 11) is 0. The van der Waals surface area contributed by atoms with E-state index in [9.17, 15) is 4.79 Å². The Balaban J connectivity index is 1.92. The summed E-state index contributed by atoms with van der Waals surface area (Å²) < 4.78 is 10.5. The highest BCUT2D eigenvalue weighted by Gasteiger charge is 2.21. The summed E-state index contributed by atoms with van der Waals surface area (Å²) in [5.41, 5.74) is 5.16. The fourth-order valence-electron chi connectivity index (χ4n) is 1.30. The lowest BCUT2D eigenvalue weighted by molar-refractivity contribution is -0.132. The van der Waals surface area contributed by atoms with Gasteiger partial charge in [0.2, 0.25) is 0 Å². The molecule has 0 spiro atoms. The van der Waals surface area contributed by atoms with Gasteiger partial charge in [0.05, 0.1) is 13.2 Å². The van der Waals surface area contributed by atoms with Crippen molar-refractivity contribution in [2.24, 2.45) is 11.7 Å². The lowest BCUT2D eigenvalue weighted by Gasteiger charge is -2.07. The van der Waals surface area contributed by atoms with Crippen LogP contribution in [0.4, 0.5) is 0 Å². The number of hydrogen-bond donors (Lipinski definition) is 1. The predicted octanol–water partition coefficient (Wildman–Crippen LogP) is 1.34. The van der Waals surface area contributed by atoms with Crippen LogP contribution >= 0.6 is 0 Å². The fraction of sp³-hybridized carbons (Fsp3) is 0.417. The molecule has 1 aromatic rings. The number of carbonyl (C=O) groups is 1. The molecule has 0 radical (unpaired) electrons. The second-order valence-corrected chi connectivity index (χ2v) is 3.91. The first-order valence-electron chi connectivity index (χ1n) is 5.41. The van der Waals surface area contributed by atoms with Gasteiger partial charge in [-0.3, -0.25) is 4.79 Å². The topological polar surface area (TPSA) is 61.6 Å². The van der Waals surface area contributed by atoms with Crippen LogP contribution in [0.25, 0.3) is 0 Å². The molecule has 0 aromatic heterocycles. The van der Waals surface area contributed by atoms with Gasteiger partial charge in [-0.15, -0.1) is 0 Å². The molecule has 1 aliphatic carbocycles. The molecule has 2 N–H and O–H groups in total. The van der Waals surface area contributed by atoms with E-state index in [2.05, 4.69) is 0 Å². The SMILES string of the molecule is NCC(=O)Oc1cccc(OCC2CC2)c1. The van der Waals surface area contributed by atoms with Gasteiger partial charge in [-0.25, -0.2) is 0 Å². The van der Waals surface area contributed by atoms with Crippen molar-refractivity contribution in [1.29, 1.82) is 0 Å². The van der Waals surface area contributed by atoms with Gasteiger partial charge in [-0.05, 0) is 30.9 Å². The van der Waals surface area contributed by atoms with Crippen LogP contribution in [0.5, 0.6) is 11.5 Å². The summed E-state index contributed by atoms with van der Waals surface area (Å²) in [6, 6.07) is 7.05. The van der Waals surface area contributed by atoms with Crippen molar-refractivity contribution in [2.45, 2.75) is 12.8 Å². The molecule has 0 saturated heterocycles. The third kappa shape index (κ3) is 3.24. The van der Waals surface area contributed by atoms with Gasteiger partial charge in [0.1, 0.15) is 11.5 Å². The standard InChI is InChI=1S/C12H15NO3/c13-7-12(14)16-11-3-1-2-10(6-11)15-8-9-4-5-9/h1-3,6,9H,4-5,7-8,13H2. The van der Waals surface area contributed by atoms with E-state index in [0.29, 0.717) is 11.7 Å². The van der Waals surface area contributed by atoms with Gasteiger partial charge in [0.15, 0.2) is 0 Å². The van der Waals surface area contributed by atoms with E-state index < -0.39 is 5.97 Å².